The van der Waals surface area contributed by atoms with Crippen molar-refractivity contribution in [1.29, 1.82) is 0 Å². The molecule has 1 unspecified atom stereocenters. The van der Waals surface area contributed by atoms with Gasteiger partial charge in [-0.2, -0.15) is 0 Å². The zero-order chi connectivity index (χ0) is 33.0. The quantitative estimate of drug-likeness (QED) is 0.137. The molecule has 0 saturated carbocycles. The van der Waals surface area contributed by atoms with Gasteiger partial charge in [-0.05, 0) is 126 Å². The van der Waals surface area contributed by atoms with Crippen molar-refractivity contribution in [3.63, 3.8) is 0 Å². The van der Waals surface area contributed by atoms with Crippen LogP contribution in [0.25, 0.3) is 16.8 Å². The molecule has 242 valence electrons. The molecule has 4 aromatic rings. The molecule has 1 atom stereocenters. The second-order valence-electron chi connectivity index (χ2n) is 12.7. The molecule has 46 heavy (non-hydrogen) atoms. The number of aryl methyl sites for hydroxylation is 1. The number of nitrogen functional groups attached to an aromatic ring is 1. The highest BCUT2D eigenvalue weighted by Crippen LogP contribution is 2.49. The maximum atomic E-state index is 13.3. The first-order valence-electron chi connectivity index (χ1n) is 16.0. The van der Waals surface area contributed by atoms with Gasteiger partial charge in [-0.3, -0.25) is 0 Å². The van der Waals surface area contributed by atoms with Gasteiger partial charge >= 0.3 is 5.97 Å². The van der Waals surface area contributed by atoms with E-state index >= 15 is 0 Å². The number of nitrogens with two attached hydrogens (primary N) is 1. The third kappa shape index (κ3) is 6.35. The van der Waals surface area contributed by atoms with Crippen LogP contribution in [0.1, 0.15) is 56.6 Å². The summed E-state index contributed by atoms with van der Waals surface area (Å²) in [5.74, 6) is 0.937. The first-order chi connectivity index (χ1) is 22.1. The molecule has 0 radical (unpaired) electrons. The van der Waals surface area contributed by atoms with Crippen molar-refractivity contribution in [1.82, 2.24) is 9.80 Å². The molecule has 0 saturated heterocycles. The smallest absolute Gasteiger partial charge is 0.338 e. The van der Waals surface area contributed by atoms with E-state index in [4.69, 9.17) is 19.9 Å². The molecule has 0 spiro atoms. The highest BCUT2D eigenvalue weighted by Gasteiger charge is 2.41. The first kappa shape index (κ1) is 33.0. The topological polar surface area (TPSA) is 77.3 Å². The Labute approximate surface area is 273 Å². The molecule has 1 heterocycles. The zero-order valence-electron chi connectivity index (χ0n) is 28.3. The predicted octanol–water partition coefficient (Wildman–Crippen LogP) is 6.86. The highest BCUT2D eigenvalue weighted by atomic mass is 16.5. The molecular weight excluding hydrogens is 574 g/mol. The molecular formula is C39H47N3O4. The minimum absolute atomic E-state index is 0.396. The third-order valence-corrected chi connectivity index (χ3v) is 9.04. The maximum Gasteiger partial charge on any atom is 0.338 e. The van der Waals surface area contributed by atoms with E-state index in [-0.39, 0.29) is 0 Å². The monoisotopic (exact) mass is 621 g/mol. The van der Waals surface area contributed by atoms with E-state index in [1.165, 1.54) is 18.2 Å². The Balaban J connectivity index is 1.81. The SMILES string of the molecule is COC(=O)c1c2c(c3cc(OC)ccc3c1C)OC(c1ccccc1)(c1ccc(N)c(CCCN(C)C)c1CCCN(C)C)C=C2. The molecule has 0 bridgehead atoms. The number of ether oxygens (including phenoxy) is 3. The molecule has 0 fully saturated rings. The van der Waals surface area contributed by atoms with Gasteiger partial charge in [-0.25, -0.2) is 4.79 Å². The second kappa shape index (κ2) is 14.0. The van der Waals surface area contributed by atoms with Crippen molar-refractivity contribution in [2.24, 2.45) is 0 Å². The van der Waals surface area contributed by atoms with Crippen molar-refractivity contribution < 1.29 is 19.0 Å². The Kier molecular flexibility index (Phi) is 10.0. The van der Waals surface area contributed by atoms with E-state index in [1.807, 2.05) is 55.5 Å². The molecule has 7 heteroatoms. The Morgan fingerprint density at radius 3 is 2.17 bits per heavy atom. The zero-order valence-corrected chi connectivity index (χ0v) is 28.3. The fourth-order valence-corrected chi connectivity index (χ4v) is 6.72. The van der Waals surface area contributed by atoms with Crippen molar-refractivity contribution >= 4 is 28.5 Å². The number of rotatable bonds is 12. The Hall–Kier alpha value is -4.33. The molecule has 0 aromatic heterocycles. The van der Waals surface area contributed by atoms with Crippen molar-refractivity contribution in [2.45, 2.75) is 38.2 Å². The number of benzene rings is 4. The fraction of sp³-hybridized carbons (Fsp3) is 0.359. The largest absolute Gasteiger partial charge is 0.497 e. The lowest BCUT2D eigenvalue weighted by molar-refractivity contribution is 0.0598. The number of esters is 1. The Morgan fingerprint density at radius 1 is 0.870 bits per heavy atom. The van der Waals surface area contributed by atoms with Crippen LogP contribution in [0.2, 0.25) is 0 Å². The van der Waals surface area contributed by atoms with Crippen LogP contribution in [0, 0.1) is 6.92 Å². The maximum absolute atomic E-state index is 13.3. The first-order valence-corrected chi connectivity index (χ1v) is 16.0. The number of nitrogens with zero attached hydrogens (tertiary/aromatic N) is 2. The minimum Gasteiger partial charge on any atom is -0.497 e. The van der Waals surface area contributed by atoms with E-state index < -0.39 is 11.6 Å². The molecule has 0 amide bonds. The molecule has 2 N–H and O–H groups in total. The summed E-state index contributed by atoms with van der Waals surface area (Å²) in [4.78, 5) is 17.7. The van der Waals surface area contributed by atoms with Gasteiger partial charge in [0.2, 0.25) is 0 Å². The number of carbonyl (C=O) groups excluding carboxylic acids is 1. The molecule has 0 aliphatic carbocycles. The van der Waals surface area contributed by atoms with Crippen LogP contribution in [-0.2, 0) is 23.2 Å². The summed E-state index contributed by atoms with van der Waals surface area (Å²) in [5, 5.41) is 1.78. The summed E-state index contributed by atoms with van der Waals surface area (Å²) < 4.78 is 18.3. The molecule has 5 rings (SSSR count). The number of hydrogen-bond acceptors (Lipinski definition) is 7. The van der Waals surface area contributed by atoms with Crippen LogP contribution in [0.15, 0.2) is 66.7 Å². The van der Waals surface area contributed by atoms with Gasteiger partial charge in [0.05, 0.1) is 19.8 Å². The van der Waals surface area contributed by atoms with Gasteiger partial charge in [-0.15, -0.1) is 0 Å². The van der Waals surface area contributed by atoms with Gasteiger partial charge in [-0.1, -0.05) is 42.5 Å². The van der Waals surface area contributed by atoms with E-state index in [2.05, 4.69) is 62.3 Å². The summed E-state index contributed by atoms with van der Waals surface area (Å²) in [6, 6.07) is 20.4. The van der Waals surface area contributed by atoms with E-state index in [1.54, 1.807) is 7.11 Å². The summed E-state index contributed by atoms with van der Waals surface area (Å²) >= 11 is 0. The van der Waals surface area contributed by atoms with Gasteiger partial charge in [0.1, 0.15) is 11.5 Å². The summed E-state index contributed by atoms with van der Waals surface area (Å²) in [5.41, 5.74) is 13.1. The standard InChI is InChI=1S/C39H47N3O4/c1-26-29-18-17-28(44-6)25-33(29)37-32(36(26)38(43)45-7)21-22-39(46-37,27-13-9-8-10-14-27)34-19-20-35(40)31(16-12-24-42(4)5)30(34)15-11-23-41(2)3/h8-10,13-14,17-22,25H,11-12,15-16,23-24,40H2,1-7H3. The second-order valence-corrected chi connectivity index (χ2v) is 12.7. The van der Waals surface area contributed by atoms with Crippen molar-refractivity contribution in [3.8, 4) is 11.5 Å². The van der Waals surface area contributed by atoms with E-state index in [9.17, 15) is 4.79 Å². The van der Waals surface area contributed by atoms with Crippen LogP contribution in [0.3, 0.4) is 0 Å². The molecule has 7 nitrogen and oxygen atoms in total. The lowest BCUT2D eigenvalue weighted by Crippen LogP contribution is -2.36. The lowest BCUT2D eigenvalue weighted by atomic mass is 9.77. The number of anilines is 1. The van der Waals surface area contributed by atoms with Gasteiger partial charge < -0.3 is 29.7 Å². The number of fused-ring (bicyclic) bond motifs is 3. The summed E-state index contributed by atoms with van der Waals surface area (Å²) in [7, 11) is 11.5. The van der Waals surface area contributed by atoms with E-state index in [0.29, 0.717) is 22.6 Å². The molecule has 4 aromatic carbocycles. The van der Waals surface area contributed by atoms with Crippen LogP contribution >= 0.6 is 0 Å². The molecule has 1 aliphatic heterocycles. The van der Waals surface area contributed by atoms with Crippen molar-refractivity contribution in [2.75, 3.05) is 61.2 Å². The lowest BCUT2D eigenvalue weighted by Gasteiger charge is -2.39. The third-order valence-electron chi connectivity index (χ3n) is 9.04. The number of carbonyl (C=O) groups is 1. The molecule has 1 aliphatic rings. The van der Waals surface area contributed by atoms with Gasteiger partial charge in [0.15, 0.2) is 5.60 Å². The van der Waals surface area contributed by atoms with Crippen LogP contribution in [-0.4, -0.2) is 71.3 Å². The number of methoxy groups -OCH3 is 2. The van der Waals surface area contributed by atoms with E-state index in [0.717, 1.165) is 71.9 Å². The minimum atomic E-state index is -0.982. The van der Waals surface area contributed by atoms with Crippen LogP contribution in [0.4, 0.5) is 5.69 Å². The Morgan fingerprint density at radius 2 is 1.54 bits per heavy atom. The van der Waals surface area contributed by atoms with Crippen molar-refractivity contribution in [3.05, 3.63) is 106 Å². The highest BCUT2D eigenvalue weighted by molar-refractivity contribution is 6.07. The van der Waals surface area contributed by atoms with Gasteiger partial charge in [0.25, 0.3) is 0 Å². The number of hydrogen-bond donors (Lipinski definition) is 1. The van der Waals surface area contributed by atoms with Crippen LogP contribution in [0.5, 0.6) is 11.5 Å². The van der Waals surface area contributed by atoms with Crippen LogP contribution < -0.4 is 15.2 Å². The average molecular weight is 622 g/mol. The normalized spacial score (nSPS) is 15.7. The predicted molar refractivity (Wildman–Crippen MR) is 188 cm³/mol. The summed E-state index contributed by atoms with van der Waals surface area (Å²) in [6.45, 7) is 3.88. The summed E-state index contributed by atoms with van der Waals surface area (Å²) in [6.07, 6.45) is 7.83. The van der Waals surface area contributed by atoms with Gasteiger partial charge in [0, 0.05) is 27.8 Å². The average Bonchev–Trinajstić information content (AvgIpc) is 3.05. The fourth-order valence-electron chi connectivity index (χ4n) is 6.72. The Bertz CT molecular complexity index is 1750.